The molecule has 2 fully saturated rings. The van der Waals surface area contributed by atoms with Crippen LogP contribution in [0.1, 0.15) is 32.1 Å². The van der Waals surface area contributed by atoms with Crippen molar-refractivity contribution in [3.8, 4) is 11.5 Å². The topological polar surface area (TPSA) is 59.6 Å². The molecule has 22 heavy (non-hydrogen) atoms. The standard InChI is InChI=1S/C17H22N2O3/c20-17(9-11-7-12-1-2-13(8-11)18-12)19-14-3-4-15-16(10-14)22-6-5-21-15/h3-4,10-13,18H,1-2,5-9H2,(H,19,20). The van der Waals surface area contributed by atoms with Gasteiger partial charge in [-0.05, 0) is 43.7 Å². The van der Waals surface area contributed by atoms with Gasteiger partial charge < -0.3 is 20.1 Å². The summed E-state index contributed by atoms with van der Waals surface area (Å²) >= 11 is 0. The van der Waals surface area contributed by atoms with Crippen molar-refractivity contribution in [3.05, 3.63) is 18.2 Å². The number of anilines is 1. The number of benzene rings is 1. The van der Waals surface area contributed by atoms with Crippen LogP contribution in [0.25, 0.3) is 0 Å². The van der Waals surface area contributed by atoms with Crippen molar-refractivity contribution in [3.63, 3.8) is 0 Å². The minimum atomic E-state index is 0.1000. The zero-order valence-corrected chi connectivity index (χ0v) is 12.6. The summed E-state index contributed by atoms with van der Waals surface area (Å²) in [6.07, 6.45) is 5.41. The summed E-state index contributed by atoms with van der Waals surface area (Å²) in [7, 11) is 0. The lowest BCUT2D eigenvalue weighted by Gasteiger charge is -2.28. The van der Waals surface area contributed by atoms with E-state index in [1.54, 1.807) is 0 Å². The fourth-order valence-corrected chi connectivity index (χ4v) is 3.94. The van der Waals surface area contributed by atoms with Crippen molar-refractivity contribution in [1.82, 2.24) is 5.32 Å². The number of fused-ring (bicyclic) bond motifs is 3. The van der Waals surface area contributed by atoms with E-state index < -0.39 is 0 Å². The average Bonchev–Trinajstić information content (AvgIpc) is 2.86. The predicted octanol–water partition coefficient (Wildman–Crippen LogP) is 2.32. The second kappa shape index (κ2) is 5.80. The lowest BCUT2D eigenvalue weighted by molar-refractivity contribution is -0.117. The monoisotopic (exact) mass is 302 g/mol. The first kappa shape index (κ1) is 13.9. The molecule has 3 aliphatic heterocycles. The molecule has 2 unspecified atom stereocenters. The molecular formula is C17H22N2O3. The van der Waals surface area contributed by atoms with Crippen LogP contribution in [0.4, 0.5) is 5.69 Å². The molecule has 2 atom stereocenters. The molecule has 1 amide bonds. The van der Waals surface area contributed by atoms with E-state index in [4.69, 9.17) is 9.47 Å². The van der Waals surface area contributed by atoms with Crippen molar-refractivity contribution >= 4 is 11.6 Å². The van der Waals surface area contributed by atoms with Gasteiger partial charge in [0.2, 0.25) is 5.91 Å². The molecule has 1 aromatic rings. The Labute approximate surface area is 130 Å². The van der Waals surface area contributed by atoms with Crippen LogP contribution >= 0.6 is 0 Å². The van der Waals surface area contributed by atoms with E-state index in [0.29, 0.717) is 43.4 Å². The molecule has 0 radical (unpaired) electrons. The Bertz CT molecular complexity index is 563. The molecule has 0 aromatic heterocycles. The van der Waals surface area contributed by atoms with Gasteiger partial charge >= 0.3 is 0 Å². The first-order chi connectivity index (χ1) is 10.8. The van der Waals surface area contributed by atoms with E-state index in [1.165, 1.54) is 12.8 Å². The molecule has 2 N–H and O–H groups in total. The van der Waals surface area contributed by atoms with Crippen LogP contribution in [0.3, 0.4) is 0 Å². The van der Waals surface area contributed by atoms with E-state index in [2.05, 4.69) is 10.6 Å². The molecular weight excluding hydrogens is 280 g/mol. The van der Waals surface area contributed by atoms with E-state index in [-0.39, 0.29) is 5.91 Å². The van der Waals surface area contributed by atoms with Crippen LogP contribution in [0.2, 0.25) is 0 Å². The van der Waals surface area contributed by atoms with Crippen LogP contribution < -0.4 is 20.1 Å². The van der Waals surface area contributed by atoms with Gasteiger partial charge in [0, 0.05) is 30.3 Å². The summed E-state index contributed by atoms with van der Waals surface area (Å²) in [5, 5.41) is 6.61. The normalized spacial score (nSPS) is 29.2. The maximum atomic E-state index is 12.3. The van der Waals surface area contributed by atoms with E-state index in [0.717, 1.165) is 24.3 Å². The van der Waals surface area contributed by atoms with Crippen molar-refractivity contribution in [2.24, 2.45) is 5.92 Å². The largest absolute Gasteiger partial charge is 0.486 e. The third-order valence-corrected chi connectivity index (χ3v) is 4.87. The highest BCUT2D eigenvalue weighted by Gasteiger charge is 2.34. The summed E-state index contributed by atoms with van der Waals surface area (Å²) in [6.45, 7) is 1.14. The molecule has 0 saturated carbocycles. The van der Waals surface area contributed by atoms with Crippen LogP contribution in [-0.4, -0.2) is 31.2 Å². The van der Waals surface area contributed by atoms with Gasteiger partial charge in [-0.1, -0.05) is 0 Å². The van der Waals surface area contributed by atoms with Gasteiger partial charge in [0.25, 0.3) is 0 Å². The summed E-state index contributed by atoms with van der Waals surface area (Å²) < 4.78 is 11.0. The molecule has 0 aliphatic carbocycles. The molecule has 5 nitrogen and oxygen atoms in total. The number of hydrogen-bond acceptors (Lipinski definition) is 4. The number of nitrogens with one attached hydrogen (secondary N) is 2. The fraction of sp³-hybridized carbons (Fsp3) is 0.588. The highest BCUT2D eigenvalue weighted by atomic mass is 16.6. The highest BCUT2D eigenvalue weighted by molar-refractivity contribution is 5.91. The zero-order chi connectivity index (χ0) is 14.9. The van der Waals surface area contributed by atoms with Crippen LogP contribution in [0, 0.1) is 5.92 Å². The number of carbonyl (C=O) groups is 1. The van der Waals surface area contributed by atoms with Crippen LogP contribution in [0.15, 0.2) is 18.2 Å². The summed E-state index contributed by atoms with van der Waals surface area (Å²) in [4.78, 5) is 12.3. The van der Waals surface area contributed by atoms with Crippen molar-refractivity contribution in [2.75, 3.05) is 18.5 Å². The summed E-state index contributed by atoms with van der Waals surface area (Å²) in [6, 6.07) is 6.84. The predicted molar refractivity (Wildman–Crippen MR) is 83.3 cm³/mol. The quantitative estimate of drug-likeness (QED) is 0.899. The third-order valence-electron chi connectivity index (χ3n) is 4.87. The SMILES string of the molecule is O=C(CC1CC2CCC(C1)N2)Nc1ccc2c(c1)OCCO2. The third kappa shape index (κ3) is 2.90. The Morgan fingerprint density at radius 1 is 1.14 bits per heavy atom. The maximum Gasteiger partial charge on any atom is 0.224 e. The second-order valence-corrected chi connectivity index (χ2v) is 6.59. The van der Waals surface area contributed by atoms with Crippen molar-refractivity contribution in [1.29, 1.82) is 0 Å². The molecule has 1 aromatic carbocycles. The zero-order valence-electron chi connectivity index (χ0n) is 12.6. The first-order valence-electron chi connectivity index (χ1n) is 8.22. The summed E-state index contributed by atoms with van der Waals surface area (Å²) in [5.41, 5.74) is 0.783. The van der Waals surface area contributed by atoms with E-state index in [1.807, 2.05) is 18.2 Å². The van der Waals surface area contributed by atoms with Crippen LogP contribution in [0.5, 0.6) is 11.5 Å². The second-order valence-electron chi connectivity index (χ2n) is 6.59. The van der Waals surface area contributed by atoms with Gasteiger partial charge in [-0.2, -0.15) is 0 Å². The Balaban J connectivity index is 1.35. The van der Waals surface area contributed by atoms with Crippen LogP contribution in [-0.2, 0) is 4.79 Å². The maximum absolute atomic E-state index is 12.3. The molecule has 118 valence electrons. The van der Waals surface area contributed by atoms with E-state index >= 15 is 0 Å². The molecule has 5 heteroatoms. The molecule has 3 aliphatic rings. The first-order valence-corrected chi connectivity index (χ1v) is 8.22. The van der Waals surface area contributed by atoms with Gasteiger partial charge in [0.05, 0.1) is 0 Å². The summed E-state index contributed by atoms with van der Waals surface area (Å²) in [5.74, 6) is 2.07. The van der Waals surface area contributed by atoms with Gasteiger partial charge in [0.1, 0.15) is 13.2 Å². The number of amides is 1. The lowest BCUT2D eigenvalue weighted by atomic mass is 9.89. The van der Waals surface area contributed by atoms with Gasteiger partial charge in [0.15, 0.2) is 11.5 Å². The Hall–Kier alpha value is -1.75. The number of hydrogen-bond donors (Lipinski definition) is 2. The minimum Gasteiger partial charge on any atom is -0.486 e. The minimum absolute atomic E-state index is 0.1000. The number of piperidine rings is 1. The number of rotatable bonds is 3. The molecule has 0 spiro atoms. The van der Waals surface area contributed by atoms with Gasteiger partial charge in [-0.25, -0.2) is 0 Å². The number of carbonyl (C=O) groups excluding carboxylic acids is 1. The highest BCUT2D eigenvalue weighted by Crippen LogP contribution is 2.34. The average molecular weight is 302 g/mol. The Kier molecular flexibility index (Phi) is 3.66. The molecule has 4 rings (SSSR count). The Morgan fingerprint density at radius 2 is 1.86 bits per heavy atom. The molecule has 2 bridgehead atoms. The van der Waals surface area contributed by atoms with Gasteiger partial charge in [-0.15, -0.1) is 0 Å². The van der Waals surface area contributed by atoms with E-state index in [9.17, 15) is 4.79 Å². The lowest BCUT2D eigenvalue weighted by Crippen LogP contribution is -2.39. The smallest absolute Gasteiger partial charge is 0.224 e. The van der Waals surface area contributed by atoms with Crippen molar-refractivity contribution in [2.45, 2.75) is 44.2 Å². The molecule has 2 saturated heterocycles. The Morgan fingerprint density at radius 3 is 2.64 bits per heavy atom. The fourth-order valence-electron chi connectivity index (χ4n) is 3.94. The number of ether oxygens (including phenoxy) is 2. The molecule has 3 heterocycles. The van der Waals surface area contributed by atoms with Crippen molar-refractivity contribution < 1.29 is 14.3 Å². The van der Waals surface area contributed by atoms with Gasteiger partial charge in [-0.3, -0.25) is 4.79 Å².